The number of nitrogens with zero attached hydrogens (tertiary/aromatic N) is 1. The van der Waals surface area contributed by atoms with Crippen LogP contribution >= 0.6 is 0 Å². The number of aliphatic carboxylic acids is 1. The Morgan fingerprint density at radius 1 is 0.604 bits per heavy atom. The van der Waals surface area contributed by atoms with Crippen LogP contribution in [0.1, 0.15) is 174 Å². The second-order valence-corrected chi connectivity index (χ2v) is 14.5. The number of allylic oxidation sites excluding steroid dienone is 2. The maximum atomic E-state index is 12.6. The van der Waals surface area contributed by atoms with Crippen molar-refractivity contribution in [1.82, 2.24) is 0 Å². The molecule has 0 saturated heterocycles. The van der Waals surface area contributed by atoms with E-state index in [1.54, 1.807) is 21.1 Å². The molecule has 0 amide bonds. The second-order valence-electron chi connectivity index (χ2n) is 14.5. The minimum absolute atomic E-state index is 0.0343. The van der Waals surface area contributed by atoms with Gasteiger partial charge in [-0.05, 0) is 25.7 Å². The fraction of sp³-hybridized carbons (Fsp3) is 0.875. The molecule has 0 heterocycles. The largest absolute Gasteiger partial charge is 0.544 e. The Bertz CT molecular complexity index is 808. The summed E-state index contributed by atoms with van der Waals surface area (Å²) < 4.78 is 17.0. The zero-order valence-electron chi connectivity index (χ0n) is 31.9. The van der Waals surface area contributed by atoms with E-state index in [0.29, 0.717) is 12.8 Å². The Hall–Kier alpha value is -1.93. The number of carboxylic acid groups (broad SMARTS) is 1. The van der Waals surface area contributed by atoms with Gasteiger partial charge >= 0.3 is 11.9 Å². The first-order valence-corrected chi connectivity index (χ1v) is 19.7. The SMILES string of the molecule is CCCCCC/C=C/CCC(=O)OCC(COCCC(C(=O)[O-])[N+](C)(C)C)OC(=O)CCCCCCCCCCCCCCCCCC. The molecule has 0 fully saturated rings. The van der Waals surface area contributed by atoms with E-state index in [1.165, 1.54) is 109 Å². The van der Waals surface area contributed by atoms with Crippen molar-refractivity contribution in [2.45, 2.75) is 187 Å². The highest BCUT2D eigenvalue weighted by Gasteiger charge is 2.25. The van der Waals surface area contributed by atoms with Crippen LogP contribution in [0.4, 0.5) is 0 Å². The number of carbonyl (C=O) groups is 3. The lowest BCUT2D eigenvalue weighted by Crippen LogP contribution is -2.55. The van der Waals surface area contributed by atoms with E-state index in [4.69, 9.17) is 14.2 Å². The van der Waals surface area contributed by atoms with E-state index < -0.39 is 18.1 Å². The summed E-state index contributed by atoms with van der Waals surface area (Å²) >= 11 is 0. The summed E-state index contributed by atoms with van der Waals surface area (Å²) in [6.07, 6.45) is 31.1. The molecule has 0 aliphatic heterocycles. The fourth-order valence-electron chi connectivity index (χ4n) is 5.79. The van der Waals surface area contributed by atoms with Crippen molar-refractivity contribution in [3.63, 3.8) is 0 Å². The Morgan fingerprint density at radius 3 is 1.58 bits per heavy atom. The van der Waals surface area contributed by atoms with E-state index >= 15 is 0 Å². The molecule has 0 radical (unpaired) electrons. The van der Waals surface area contributed by atoms with Crippen LogP contribution in [0.25, 0.3) is 0 Å². The van der Waals surface area contributed by atoms with Gasteiger partial charge in [0.05, 0.1) is 40.3 Å². The monoisotopic (exact) mass is 682 g/mol. The number of hydrogen-bond donors (Lipinski definition) is 0. The summed E-state index contributed by atoms with van der Waals surface area (Å²) in [4.78, 5) is 36.5. The van der Waals surface area contributed by atoms with Crippen molar-refractivity contribution >= 4 is 17.9 Å². The number of esters is 2. The van der Waals surface area contributed by atoms with Gasteiger partial charge < -0.3 is 28.6 Å². The minimum atomic E-state index is -1.13. The summed E-state index contributed by atoms with van der Waals surface area (Å²) in [5.74, 6) is -1.79. The van der Waals surface area contributed by atoms with Gasteiger partial charge in [-0.1, -0.05) is 142 Å². The van der Waals surface area contributed by atoms with Crippen LogP contribution in [0, 0.1) is 0 Å². The van der Waals surface area contributed by atoms with E-state index in [-0.39, 0.29) is 49.1 Å². The van der Waals surface area contributed by atoms with Gasteiger partial charge in [0.25, 0.3) is 0 Å². The Labute approximate surface area is 295 Å². The van der Waals surface area contributed by atoms with Crippen LogP contribution in [-0.2, 0) is 28.6 Å². The van der Waals surface area contributed by atoms with E-state index in [1.807, 2.05) is 6.08 Å². The molecule has 2 unspecified atom stereocenters. The molecule has 2 atom stereocenters. The highest BCUT2D eigenvalue weighted by molar-refractivity contribution is 5.70. The van der Waals surface area contributed by atoms with Gasteiger partial charge in [-0.25, -0.2) is 0 Å². The number of rotatable bonds is 35. The number of ether oxygens (including phenoxy) is 3. The number of likely N-dealkylation sites (N-methyl/N-ethyl adjacent to an activating group) is 1. The third-order valence-corrected chi connectivity index (χ3v) is 8.92. The maximum Gasteiger partial charge on any atom is 0.306 e. The summed E-state index contributed by atoms with van der Waals surface area (Å²) in [5.41, 5.74) is 0. The molecule has 0 spiro atoms. The standard InChI is InChI=1S/C40H75NO7/c1-6-8-10-12-14-16-17-18-19-20-21-22-23-25-27-29-31-39(43)48-36(34-46-33-32-37(40(44)45)41(3,4)5)35-47-38(42)30-28-26-24-15-13-11-9-7-2/h24,26,36-37H,6-23,25,27-35H2,1-5H3/b26-24+. The zero-order chi connectivity index (χ0) is 35.7. The number of quaternary nitrogens is 1. The normalized spacial score (nSPS) is 13.1. The summed E-state index contributed by atoms with van der Waals surface area (Å²) in [6, 6.07) is -0.724. The first kappa shape index (κ1) is 46.1. The molecule has 0 N–H and O–H groups in total. The number of carboxylic acids is 1. The molecule has 282 valence electrons. The topological polar surface area (TPSA) is 102 Å². The minimum Gasteiger partial charge on any atom is -0.544 e. The number of unbranched alkanes of at least 4 members (excludes halogenated alkanes) is 19. The lowest BCUT2D eigenvalue weighted by atomic mass is 10.0. The molecule has 0 aliphatic carbocycles. The number of carbonyl (C=O) groups excluding carboxylic acids is 3. The fourth-order valence-corrected chi connectivity index (χ4v) is 5.79. The molecule has 0 rings (SSSR count). The molecule has 48 heavy (non-hydrogen) atoms. The predicted molar refractivity (Wildman–Crippen MR) is 194 cm³/mol. The lowest BCUT2D eigenvalue weighted by molar-refractivity contribution is -0.889. The average molecular weight is 682 g/mol. The van der Waals surface area contributed by atoms with Crippen molar-refractivity contribution in [3.05, 3.63) is 12.2 Å². The predicted octanol–water partition coefficient (Wildman–Crippen LogP) is 8.63. The van der Waals surface area contributed by atoms with Crippen molar-refractivity contribution < 1.29 is 38.2 Å². The first-order chi connectivity index (χ1) is 23.1. The third-order valence-electron chi connectivity index (χ3n) is 8.92. The quantitative estimate of drug-likeness (QED) is 0.0286. The molecule has 0 aromatic heterocycles. The van der Waals surface area contributed by atoms with Gasteiger partial charge in [0, 0.05) is 19.3 Å². The Balaban J connectivity index is 4.34. The summed E-state index contributed by atoms with van der Waals surface area (Å²) in [7, 11) is 5.39. The van der Waals surface area contributed by atoms with Crippen LogP contribution in [0.5, 0.6) is 0 Å². The molecule has 0 aromatic rings. The van der Waals surface area contributed by atoms with E-state index in [9.17, 15) is 19.5 Å². The van der Waals surface area contributed by atoms with Crippen molar-refractivity contribution in [1.29, 1.82) is 0 Å². The van der Waals surface area contributed by atoms with Crippen LogP contribution in [0.3, 0.4) is 0 Å². The van der Waals surface area contributed by atoms with Crippen LogP contribution in [0.2, 0.25) is 0 Å². The highest BCUT2D eigenvalue weighted by atomic mass is 16.6. The molecular weight excluding hydrogens is 606 g/mol. The highest BCUT2D eigenvalue weighted by Crippen LogP contribution is 2.15. The van der Waals surface area contributed by atoms with E-state index in [2.05, 4.69) is 19.9 Å². The smallest absolute Gasteiger partial charge is 0.306 e. The van der Waals surface area contributed by atoms with Gasteiger partial charge in [0.15, 0.2) is 6.10 Å². The van der Waals surface area contributed by atoms with Gasteiger partial charge in [0.2, 0.25) is 0 Å². The van der Waals surface area contributed by atoms with E-state index in [0.717, 1.165) is 25.7 Å². The average Bonchev–Trinajstić information content (AvgIpc) is 3.03. The lowest BCUT2D eigenvalue weighted by Gasteiger charge is -2.34. The Morgan fingerprint density at radius 2 is 1.08 bits per heavy atom. The number of hydrogen-bond acceptors (Lipinski definition) is 7. The van der Waals surface area contributed by atoms with Crippen molar-refractivity contribution in [2.24, 2.45) is 0 Å². The molecule has 0 aromatic carbocycles. The van der Waals surface area contributed by atoms with Crippen LogP contribution < -0.4 is 5.11 Å². The molecule has 0 saturated carbocycles. The van der Waals surface area contributed by atoms with Crippen molar-refractivity contribution in [3.8, 4) is 0 Å². The van der Waals surface area contributed by atoms with Gasteiger partial charge in [0.1, 0.15) is 12.6 Å². The second kappa shape index (κ2) is 32.3. The first-order valence-electron chi connectivity index (χ1n) is 19.7. The van der Waals surface area contributed by atoms with Gasteiger partial charge in [-0.2, -0.15) is 0 Å². The molecule has 0 bridgehead atoms. The third kappa shape index (κ3) is 30.2. The molecule has 8 nitrogen and oxygen atoms in total. The van der Waals surface area contributed by atoms with Gasteiger partial charge in [-0.15, -0.1) is 0 Å². The van der Waals surface area contributed by atoms with Crippen LogP contribution in [-0.4, -0.2) is 75.5 Å². The zero-order valence-corrected chi connectivity index (χ0v) is 31.9. The summed E-state index contributed by atoms with van der Waals surface area (Å²) in [6.45, 7) is 4.58. The van der Waals surface area contributed by atoms with Crippen molar-refractivity contribution in [2.75, 3.05) is 41.0 Å². The summed E-state index contributed by atoms with van der Waals surface area (Å²) in [5, 5.41) is 11.6. The molecular formula is C40H75NO7. The maximum absolute atomic E-state index is 12.6. The molecule has 8 heteroatoms. The molecule has 0 aliphatic rings. The van der Waals surface area contributed by atoms with Crippen LogP contribution in [0.15, 0.2) is 12.2 Å². The van der Waals surface area contributed by atoms with Gasteiger partial charge in [-0.3, -0.25) is 9.59 Å². The Kier molecular flexibility index (Phi) is 31.0.